The lowest BCUT2D eigenvalue weighted by Crippen LogP contribution is -2.40. The van der Waals surface area contributed by atoms with Gasteiger partial charge in [0.05, 0.1) is 36.6 Å². The largest absolute Gasteiger partial charge is 0.496 e. The highest BCUT2D eigenvalue weighted by Gasteiger charge is 2.35. The summed E-state index contributed by atoms with van der Waals surface area (Å²) >= 11 is 1.27. The third kappa shape index (κ3) is 4.23. The Morgan fingerprint density at radius 2 is 1.76 bits per heavy atom. The number of carbonyl (C=O) groups excluding carboxylic acids is 1. The molecule has 0 aliphatic carbocycles. The molecule has 5 rings (SSSR count). The predicted octanol–water partition coefficient (Wildman–Crippen LogP) is 3.97. The van der Waals surface area contributed by atoms with Crippen LogP contribution in [0, 0.1) is 0 Å². The molecule has 0 saturated heterocycles. The Kier molecular flexibility index (Phi) is 6.67. The summed E-state index contributed by atoms with van der Waals surface area (Å²) in [5.74, 6) is 0.716. The van der Waals surface area contributed by atoms with Crippen LogP contribution in [-0.2, 0) is 9.53 Å². The van der Waals surface area contributed by atoms with E-state index in [0.29, 0.717) is 37.7 Å². The van der Waals surface area contributed by atoms with E-state index in [1.807, 2.05) is 66.7 Å². The number of fused-ring (bicyclic) bond motifs is 2. The maximum Gasteiger partial charge on any atom is 0.338 e. The van der Waals surface area contributed by atoms with Gasteiger partial charge < -0.3 is 14.2 Å². The molecule has 0 saturated carbocycles. The summed E-state index contributed by atoms with van der Waals surface area (Å²) < 4.78 is 18.7. The summed E-state index contributed by atoms with van der Waals surface area (Å²) in [5.41, 5.74) is 2.04. The highest BCUT2D eigenvalue weighted by molar-refractivity contribution is 7.07. The van der Waals surface area contributed by atoms with Gasteiger partial charge in [-0.25, -0.2) is 9.79 Å². The van der Waals surface area contributed by atoms with Crippen LogP contribution < -0.4 is 24.4 Å². The number of hydrogen-bond donors (Lipinski definition) is 0. The second-order valence-corrected chi connectivity index (χ2v) is 9.46. The number of thiazole rings is 1. The number of allylic oxidation sites excluding steroid dienone is 1. The van der Waals surface area contributed by atoms with Crippen LogP contribution in [0.2, 0.25) is 0 Å². The van der Waals surface area contributed by atoms with Gasteiger partial charge in [0.15, 0.2) is 4.80 Å². The van der Waals surface area contributed by atoms with Crippen LogP contribution in [0.25, 0.3) is 16.8 Å². The lowest BCUT2D eigenvalue weighted by molar-refractivity contribution is -0.139. The first-order chi connectivity index (χ1) is 18.0. The van der Waals surface area contributed by atoms with Crippen molar-refractivity contribution in [2.75, 3.05) is 20.8 Å². The van der Waals surface area contributed by atoms with Crippen molar-refractivity contribution < 1.29 is 19.0 Å². The molecule has 1 aliphatic rings. The molecule has 0 fully saturated rings. The molecule has 7 nitrogen and oxygen atoms in total. The molecule has 0 amide bonds. The summed E-state index contributed by atoms with van der Waals surface area (Å²) in [6.07, 6.45) is 1.84. The Morgan fingerprint density at radius 3 is 2.51 bits per heavy atom. The number of methoxy groups -OCH3 is 2. The summed E-state index contributed by atoms with van der Waals surface area (Å²) in [4.78, 5) is 32.3. The molecule has 0 unspecified atom stereocenters. The van der Waals surface area contributed by atoms with Crippen molar-refractivity contribution in [3.63, 3.8) is 0 Å². The van der Waals surface area contributed by atoms with Gasteiger partial charge in [-0.05, 0) is 42.8 Å². The summed E-state index contributed by atoms with van der Waals surface area (Å²) in [6, 6.07) is 18.4. The Balaban J connectivity index is 1.81. The van der Waals surface area contributed by atoms with Gasteiger partial charge in [-0.2, -0.15) is 0 Å². The molecule has 0 N–H and O–H groups in total. The molecule has 1 aliphatic heterocycles. The highest BCUT2D eigenvalue weighted by Crippen LogP contribution is 2.35. The van der Waals surface area contributed by atoms with Gasteiger partial charge >= 0.3 is 5.97 Å². The van der Waals surface area contributed by atoms with Crippen molar-refractivity contribution in [2.45, 2.75) is 19.9 Å². The van der Waals surface area contributed by atoms with Gasteiger partial charge in [-0.15, -0.1) is 0 Å². The number of hydrogen-bond acceptors (Lipinski definition) is 7. The molecule has 0 spiro atoms. The highest BCUT2D eigenvalue weighted by atomic mass is 32.1. The van der Waals surface area contributed by atoms with Crippen LogP contribution >= 0.6 is 11.3 Å². The number of carbonyl (C=O) groups is 1. The second-order valence-electron chi connectivity index (χ2n) is 8.45. The van der Waals surface area contributed by atoms with Crippen LogP contribution in [0.4, 0.5) is 0 Å². The Hall–Kier alpha value is -4.17. The zero-order valence-electron chi connectivity index (χ0n) is 21.0. The van der Waals surface area contributed by atoms with Crippen molar-refractivity contribution in [1.29, 1.82) is 0 Å². The van der Waals surface area contributed by atoms with Crippen molar-refractivity contribution in [2.24, 2.45) is 4.99 Å². The van der Waals surface area contributed by atoms with E-state index in [-0.39, 0.29) is 12.2 Å². The quantitative estimate of drug-likeness (QED) is 0.364. The molecule has 3 aromatic carbocycles. The summed E-state index contributed by atoms with van der Waals surface area (Å²) in [6.45, 7) is 3.72. The average molecular weight is 515 g/mol. The van der Waals surface area contributed by atoms with Crippen molar-refractivity contribution in [3.05, 3.63) is 103 Å². The van der Waals surface area contributed by atoms with E-state index in [9.17, 15) is 9.59 Å². The fourth-order valence-electron chi connectivity index (χ4n) is 4.71. The fourth-order valence-corrected chi connectivity index (χ4v) is 5.74. The van der Waals surface area contributed by atoms with Crippen LogP contribution in [0.15, 0.2) is 81.7 Å². The Labute approximate surface area is 217 Å². The lowest BCUT2D eigenvalue weighted by atomic mass is 9.95. The molecular formula is C29H26N2O5S. The average Bonchev–Trinajstić information content (AvgIpc) is 3.22. The minimum absolute atomic E-state index is 0.208. The first-order valence-corrected chi connectivity index (χ1v) is 12.7. The first kappa shape index (κ1) is 24.5. The number of rotatable bonds is 6. The molecule has 4 aromatic rings. The topological polar surface area (TPSA) is 79.1 Å². The number of aromatic nitrogens is 1. The molecule has 1 atom stereocenters. The summed E-state index contributed by atoms with van der Waals surface area (Å²) in [5, 5.41) is 2.01. The minimum atomic E-state index is -0.747. The zero-order chi connectivity index (χ0) is 26.1. The van der Waals surface area contributed by atoms with Crippen molar-refractivity contribution in [1.82, 2.24) is 4.57 Å². The minimum Gasteiger partial charge on any atom is -0.496 e. The van der Waals surface area contributed by atoms with Crippen LogP contribution in [0.5, 0.6) is 11.5 Å². The van der Waals surface area contributed by atoms with Gasteiger partial charge in [-0.1, -0.05) is 59.9 Å². The van der Waals surface area contributed by atoms with E-state index in [4.69, 9.17) is 14.2 Å². The first-order valence-electron chi connectivity index (χ1n) is 11.9. The molecule has 1 aromatic heterocycles. The number of ether oxygens (including phenoxy) is 3. The van der Waals surface area contributed by atoms with Crippen LogP contribution in [-0.4, -0.2) is 31.4 Å². The standard InChI is InChI=1S/C29H26N2O5S/c1-5-36-28(33)25-17(2)30-29-31(26(25)20-12-8-9-13-22(20)34-3)27(32)24(37-29)16-21-19-11-7-6-10-18(19)14-15-23(21)35-4/h6-16,26H,5H2,1-4H3/b24-16+/t26-/m1/s1. The van der Waals surface area contributed by atoms with E-state index >= 15 is 0 Å². The molecule has 37 heavy (non-hydrogen) atoms. The van der Waals surface area contributed by atoms with E-state index in [1.165, 1.54) is 11.3 Å². The maximum atomic E-state index is 14.0. The van der Waals surface area contributed by atoms with Gasteiger partial charge in [-0.3, -0.25) is 9.36 Å². The SMILES string of the molecule is CCOC(=O)C1=C(C)N=c2s/c(=C/c3c(OC)ccc4ccccc34)c(=O)n2[C@@H]1c1ccccc1OC. The molecule has 0 bridgehead atoms. The molecule has 188 valence electrons. The number of para-hydroxylation sites is 1. The smallest absolute Gasteiger partial charge is 0.338 e. The second kappa shape index (κ2) is 10.1. The molecule has 0 radical (unpaired) electrons. The lowest BCUT2D eigenvalue weighted by Gasteiger charge is -2.25. The Morgan fingerprint density at radius 1 is 1.03 bits per heavy atom. The van der Waals surface area contributed by atoms with Crippen LogP contribution in [0.1, 0.15) is 31.0 Å². The van der Waals surface area contributed by atoms with Crippen molar-refractivity contribution in [3.8, 4) is 11.5 Å². The normalized spacial score (nSPS) is 15.4. The summed E-state index contributed by atoms with van der Waals surface area (Å²) in [7, 11) is 3.18. The maximum absolute atomic E-state index is 14.0. The zero-order valence-corrected chi connectivity index (χ0v) is 21.8. The third-order valence-corrected chi connectivity index (χ3v) is 7.36. The van der Waals surface area contributed by atoms with Gasteiger partial charge in [0.2, 0.25) is 0 Å². The third-order valence-electron chi connectivity index (χ3n) is 6.38. The number of esters is 1. The molecule has 8 heteroatoms. The monoisotopic (exact) mass is 514 g/mol. The number of benzene rings is 3. The Bertz CT molecular complexity index is 1730. The van der Waals surface area contributed by atoms with E-state index < -0.39 is 12.0 Å². The van der Waals surface area contributed by atoms with Gasteiger partial charge in [0, 0.05) is 11.1 Å². The predicted molar refractivity (Wildman–Crippen MR) is 144 cm³/mol. The van der Waals surface area contributed by atoms with Gasteiger partial charge in [0.25, 0.3) is 5.56 Å². The van der Waals surface area contributed by atoms with E-state index in [2.05, 4.69) is 4.99 Å². The fraction of sp³-hybridized carbons (Fsp3) is 0.207. The molecule has 2 heterocycles. The van der Waals surface area contributed by atoms with E-state index in [0.717, 1.165) is 16.3 Å². The van der Waals surface area contributed by atoms with E-state index in [1.54, 1.807) is 32.6 Å². The number of nitrogens with zero attached hydrogens (tertiary/aromatic N) is 2. The molecular weight excluding hydrogens is 488 g/mol. The van der Waals surface area contributed by atoms with Crippen LogP contribution in [0.3, 0.4) is 0 Å². The van der Waals surface area contributed by atoms with Gasteiger partial charge in [0.1, 0.15) is 17.5 Å². The van der Waals surface area contributed by atoms with Crippen molar-refractivity contribution >= 4 is 34.2 Å².